The van der Waals surface area contributed by atoms with Crippen LogP contribution in [0.4, 0.5) is 0 Å². The Morgan fingerprint density at radius 2 is 1.95 bits per heavy atom. The Hall–Kier alpha value is -3.15. The summed E-state index contributed by atoms with van der Waals surface area (Å²) in [7, 11) is 0. The lowest BCUT2D eigenvalue weighted by Gasteiger charge is -2.09. The fourth-order valence-corrected chi connectivity index (χ4v) is 2.03. The molecule has 0 unspecified atom stereocenters. The third-order valence-corrected chi connectivity index (χ3v) is 3.00. The Balaban J connectivity index is 2.26. The van der Waals surface area contributed by atoms with Gasteiger partial charge in [-0.15, -0.1) is 0 Å². The van der Waals surface area contributed by atoms with Crippen LogP contribution < -0.4 is 11.2 Å². The first-order chi connectivity index (χ1) is 10.2. The number of hydrogen-bond donors (Lipinski definition) is 2. The van der Waals surface area contributed by atoms with Crippen LogP contribution in [0.2, 0.25) is 0 Å². The number of H-pyrrole nitrogens is 1. The number of aliphatic imine (C=N–C) groups is 1. The molecular formula is C15H11N3O3. The van der Waals surface area contributed by atoms with Crippen molar-refractivity contribution in [3.8, 4) is 11.6 Å². The molecule has 6 heteroatoms. The molecule has 104 valence electrons. The summed E-state index contributed by atoms with van der Waals surface area (Å²) in [4.78, 5) is 30.0. The number of para-hydroxylation sites is 1. The normalized spacial score (nSPS) is 15.0. The molecular weight excluding hydrogens is 270 g/mol. The van der Waals surface area contributed by atoms with Gasteiger partial charge >= 0.3 is 5.69 Å². The Morgan fingerprint density at radius 1 is 1.19 bits per heavy atom. The number of rotatable bonds is 2. The molecule has 0 amide bonds. The van der Waals surface area contributed by atoms with Crippen molar-refractivity contribution >= 4 is 12.3 Å². The quantitative estimate of drug-likeness (QED) is 0.867. The maximum absolute atomic E-state index is 11.9. The minimum Gasteiger partial charge on any atom is -0.494 e. The van der Waals surface area contributed by atoms with Crippen molar-refractivity contribution in [3.05, 3.63) is 74.6 Å². The molecule has 1 aromatic carbocycles. The molecule has 1 aromatic heterocycles. The van der Waals surface area contributed by atoms with Gasteiger partial charge in [-0.3, -0.25) is 14.8 Å². The van der Waals surface area contributed by atoms with Crippen molar-refractivity contribution < 1.29 is 5.11 Å². The molecule has 6 nitrogen and oxygen atoms in total. The predicted octanol–water partition coefficient (Wildman–Crippen LogP) is 1.21. The van der Waals surface area contributed by atoms with Gasteiger partial charge in [0.05, 0.1) is 11.4 Å². The maximum Gasteiger partial charge on any atom is 0.335 e. The number of hydrogen-bond acceptors (Lipinski definition) is 4. The van der Waals surface area contributed by atoms with Crippen molar-refractivity contribution in [1.29, 1.82) is 0 Å². The van der Waals surface area contributed by atoms with Crippen molar-refractivity contribution in [2.75, 3.05) is 0 Å². The molecule has 1 aliphatic heterocycles. The van der Waals surface area contributed by atoms with Crippen LogP contribution in [0.25, 0.3) is 11.8 Å². The van der Waals surface area contributed by atoms with Gasteiger partial charge in [-0.2, -0.15) is 0 Å². The molecule has 0 spiro atoms. The third-order valence-electron chi connectivity index (χ3n) is 3.00. The summed E-state index contributed by atoms with van der Waals surface area (Å²) < 4.78 is 1.04. The zero-order valence-corrected chi connectivity index (χ0v) is 10.9. The number of aromatic hydroxyl groups is 1. The number of nitrogens with one attached hydrogen (secondary N) is 1. The minimum absolute atomic E-state index is 0.0165. The van der Waals surface area contributed by atoms with E-state index in [1.165, 1.54) is 6.08 Å². The van der Waals surface area contributed by atoms with E-state index < -0.39 is 17.1 Å². The van der Waals surface area contributed by atoms with Crippen molar-refractivity contribution in [3.63, 3.8) is 0 Å². The second kappa shape index (κ2) is 5.09. The van der Waals surface area contributed by atoms with Crippen molar-refractivity contribution in [2.24, 2.45) is 4.99 Å². The van der Waals surface area contributed by atoms with Crippen LogP contribution in [0.5, 0.6) is 5.88 Å². The van der Waals surface area contributed by atoms with Crippen LogP contribution >= 0.6 is 0 Å². The third kappa shape index (κ3) is 2.34. The molecule has 2 aromatic rings. The second-order valence-corrected chi connectivity index (χ2v) is 4.37. The second-order valence-electron chi connectivity index (χ2n) is 4.37. The summed E-state index contributed by atoms with van der Waals surface area (Å²) in [5.41, 5.74) is -0.392. The number of allylic oxidation sites excluding steroid dienone is 2. The van der Waals surface area contributed by atoms with Crippen molar-refractivity contribution in [2.45, 2.75) is 0 Å². The minimum atomic E-state index is -0.698. The van der Waals surface area contributed by atoms with E-state index in [0.717, 1.165) is 4.57 Å². The molecule has 2 heterocycles. The molecule has 0 atom stereocenters. The Labute approximate surface area is 119 Å². The average Bonchev–Trinajstić information content (AvgIpc) is 2.97. The Kier molecular flexibility index (Phi) is 3.12. The number of aromatic amines is 1. The van der Waals surface area contributed by atoms with Crippen LogP contribution in [0.1, 0.15) is 5.56 Å². The van der Waals surface area contributed by atoms with Crippen LogP contribution in [0.15, 0.2) is 62.8 Å². The van der Waals surface area contributed by atoms with Gasteiger partial charge in [0.1, 0.15) is 5.56 Å². The Bertz CT molecular complexity index is 873. The highest BCUT2D eigenvalue weighted by molar-refractivity contribution is 5.79. The van der Waals surface area contributed by atoms with E-state index in [9.17, 15) is 14.7 Å². The smallest absolute Gasteiger partial charge is 0.335 e. The van der Waals surface area contributed by atoms with Crippen LogP contribution in [0, 0.1) is 0 Å². The van der Waals surface area contributed by atoms with E-state index in [1.807, 2.05) is 0 Å². The molecule has 0 bridgehead atoms. The number of nitrogens with zero attached hydrogens (tertiary/aromatic N) is 2. The monoisotopic (exact) mass is 281 g/mol. The Morgan fingerprint density at radius 3 is 2.62 bits per heavy atom. The van der Waals surface area contributed by atoms with Gasteiger partial charge in [0, 0.05) is 6.21 Å². The van der Waals surface area contributed by atoms with Gasteiger partial charge in [-0.1, -0.05) is 18.2 Å². The van der Waals surface area contributed by atoms with Gasteiger partial charge in [-0.25, -0.2) is 9.36 Å². The molecule has 2 N–H and O–H groups in total. The highest BCUT2D eigenvalue weighted by Gasteiger charge is 2.14. The summed E-state index contributed by atoms with van der Waals surface area (Å²) in [5.74, 6) is -0.419. The highest BCUT2D eigenvalue weighted by Crippen LogP contribution is 2.19. The summed E-state index contributed by atoms with van der Waals surface area (Å²) in [6.07, 6.45) is 6.40. The van der Waals surface area contributed by atoms with E-state index in [-0.39, 0.29) is 5.56 Å². The van der Waals surface area contributed by atoms with E-state index in [2.05, 4.69) is 9.98 Å². The molecule has 0 aliphatic carbocycles. The first-order valence-electron chi connectivity index (χ1n) is 6.23. The summed E-state index contributed by atoms with van der Waals surface area (Å²) in [5, 5.41) is 10.3. The molecule has 0 saturated heterocycles. The van der Waals surface area contributed by atoms with Gasteiger partial charge in [-0.05, 0) is 30.4 Å². The SMILES string of the molecule is O=c1[nH]c(=O)n(-c2ccccc2)c(O)c1C=C1C=CC=N1. The molecule has 0 fully saturated rings. The van der Waals surface area contributed by atoms with Gasteiger partial charge in [0.2, 0.25) is 5.88 Å². The lowest BCUT2D eigenvalue weighted by Crippen LogP contribution is -2.30. The highest BCUT2D eigenvalue weighted by atomic mass is 16.3. The van der Waals surface area contributed by atoms with Crippen LogP contribution in [-0.4, -0.2) is 20.9 Å². The fourth-order valence-electron chi connectivity index (χ4n) is 2.03. The maximum atomic E-state index is 11.9. The van der Waals surface area contributed by atoms with E-state index in [1.54, 1.807) is 48.7 Å². The fraction of sp³-hybridized carbons (Fsp3) is 0. The average molecular weight is 281 g/mol. The first-order valence-corrected chi connectivity index (χ1v) is 6.23. The topological polar surface area (TPSA) is 87.5 Å². The summed E-state index contributed by atoms with van der Waals surface area (Å²) in [6, 6.07) is 8.56. The van der Waals surface area contributed by atoms with E-state index >= 15 is 0 Å². The van der Waals surface area contributed by atoms with Crippen LogP contribution in [-0.2, 0) is 0 Å². The molecule has 0 radical (unpaired) electrons. The summed E-state index contributed by atoms with van der Waals surface area (Å²) in [6.45, 7) is 0. The zero-order valence-electron chi connectivity index (χ0n) is 10.9. The van der Waals surface area contributed by atoms with Gasteiger partial charge in [0.15, 0.2) is 0 Å². The van der Waals surface area contributed by atoms with Crippen molar-refractivity contribution in [1.82, 2.24) is 9.55 Å². The number of benzene rings is 1. The first kappa shape index (κ1) is 12.9. The van der Waals surface area contributed by atoms with E-state index in [0.29, 0.717) is 11.4 Å². The summed E-state index contributed by atoms with van der Waals surface area (Å²) >= 11 is 0. The lowest BCUT2D eigenvalue weighted by molar-refractivity contribution is 0.429. The molecule has 3 rings (SSSR count). The molecule has 0 saturated carbocycles. The van der Waals surface area contributed by atoms with Gasteiger partial charge < -0.3 is 5.11 Å². The number of aromatic nitrogens is 2. The predicted molar refractivity (Wildman–Crippen MR) is 79.9 cm³/mol. The van der Waals surface area contributed by atoms with Crippen LogP contribution in [0.3, 0.4) is 0 Å². The zero-order chi connectivity index (χ0) is 14.8. The largest absolute Gasteiger partial charge is 0.494 e. The molecule has 21 heavy (non-hydrogen) atoms. The van der Waals surface area contributed by atoms with E-state index in [4.69, 9.17) is 0 Å². The standard InChI is InChI=1S/C15H11N3O3/c19-13-12(9-10-5-4-8-16-10)14(20)18(15(21)17-13)11-6-2-1-3-7-11/h1-9,20H,(H,17,19,21). The molecule has 1 aliphatic rings. The lowest BCUT2D eigenvalue weighted by atomic mass is 10.2. The van der Waals surface area contributed by atoms with Gasteiger partial charge in [0.25, 0.3) is 5.56 Å².